The van der Waals surface area contributed by atoms with Crippen molar-refractivity contribution in [3.05, 3.63) is 138 Å². The summed E-state index contributed by atoms with van der Waals surface area (Å²) in [5.41, 5.74) is 0.852. The fraction of sp³-hybridized carbons (Fsp3) is 0.0968. The Kier molecular flexibility index (Phi) is 6.70. The first-order valence-corrected chi connectivity index (χ1v) is 14.1. The van der Waals surface area contributed by atoms with Gasteiger partial charge in [0.15, 0.2) is 0 Å². The number of carbonyl (C=O) groups is 2. The average Bonchev–Trinajstić information content (AvgIpc) is 2.93. The van der Waals surface area contributed by atoms with Gasteiger partial charge in [-0.25, -0.2) is 0 Å². The van der Waals surface area contributed by atoms with Gasteiger partial charge in [-0.05, 0) is 0 Å². The summed E-state index contributed by atoms with van der Waals surface area (Å²) in [5, 5.41) is 4.03. The number of fused-ring (bicyclic) bond motifs is 1. The van der Waals surface area contributed by atoms with E-state index in [0.29, 0.717) is 17.7 Å². The summed E-state index contributed by atoms with van der Waals surface area (Å²) < 4.78 is 5.94. The zero-order valence-electron chi connectivity index (χ0n) is 19.4. The van der Waals surface area contributed by atoms with E-state index < -0.39 is 7.26 Å². The minimum atomic E-state index is -2.35. The number of allylic oxidation sites excluding steroid dienone is 2. The van der Waals surface area contributed by atoms with E-state index in [4.69, 9.17) is 4.74 Å². The minimum absolute atomic E-state index is 0.139. The van der Waals surface area contributed by atoms with Crippen LogP contribution in [-0.2, 0) is 4.74 Å². The molecule has 0 unspecified atom stereocenters. The Hall–Kier alpha value is -3.81. The Morgan fingerprint density at radius 1 is 0.571 bits per heavy atom. The van der Waals surface area contributed by atoms with Crippen LogP contribution in [0.2, 0.25) is 0 Å². The molecule has 0 aliphatic heterocycles. The summed E-state index contributed by atoms with van der Waals surface area (Å²) in [6.07, 6.45) is 3.00. The molecule has 0 N–H and O–H groups in total. The Morgan fingerprint density at radius 2 is 1.03 bits per heavy atom. The van der Waals surface area contributed by atoms with Gasteiger partial charge in [-0.3, -0.25) is 0 Å². The number of ether oxygens (including phenoxy) is 1. The molecule has 0 saturated carbocycles. The van der Waals surface area contributed by atoms with Gasteiger partial charge < -0.3 is 0 Å². The molecule has 4 aromatic rings. The Balaban J connectivity index is 1.43. The summed E-state index contributed by atoms with van der Waals surface area (Å²) in [4.78, 5) is 25.4. The molecule has 0 spiro atoms. The third kappa shape index (κ3) is 4.48. The van der Waals surface area contributed by atoms with Gasteiger partial charge in [-0.15, -0.1) is 0 Å². The number of Topliss-reactive ketones (excluding diaryl/α,β-unsaturated/α-hetero) is 1. The van der Waals surface area contributed by atoms with Crippen molar-refractivity contribution in [1.29, 1.82) is 0 Å². The molecule has 0 aromatic heterocycles. The predicted molar refractivity (Wildman–Crippen MR) is 145 cm³/mol. The van der Waals surface area contributed by atoms with Crippen LogP contribution in [0.5, 0.6) is 0 Å². The first-order chi connectivity index (χ1) is 17.2. The number of hydrogen-bond donors (Lipinski definition) is 0. The standard InChI is InChI=1S/C31H27O3P/c32-29-23-30(31(33)28-20-11-10-19-27(28)29)34-21-12-22-35(24-13-4-1-5-14-24,25-15-6-2-7-16-25)26-17-8-3-9-18-26/h1-11,13-20,23,35H,12,21-22H2. The summed E-state index contributed by atoms with van der Waals surface area (Å²) in [6, 6.07) is 39.1. The first kappa shape index (κ1) is 23.0. The zero-order chi connectivity index (χ0) is 24.1. The molecule has 0 amide bonds. The van der Waals surface area contributed by atoms with Crippen LogP contribution < -0.4 is 15.9 Å². The third-order valence-electron chi connectivity index (χ3n) is 6.68. The normalized spacial score (nSPS) is 13.7. The molecule has 0 saturated heterocycles. The van der Waals surface area contributed by atoms with Crippen molar-refractivity contribution in [3.63, 3.8) is 0 Å². The molecular weight excluding hydrogens is 451 g/mol. The quantitative estimate of drug-likeness (QED) is 0.262. The summed E-state index contributed by atoms with van der Waals surface area (Å²) in [6.45, 7) is 0.369. The van der Waals surface area contributed by atoms with Gasteiger partial charge in [0.05, 0.1) is 0 Å². The van der Waals surface area contributed by atoms with Crippen molar-refractivity contribution >= 4 is 34.7 Å². The van der Waals surface area contributed by atoms with Crippen molar-refractivity contribution in [2.45, 2.75) is 6.42 Å². The SMILES string of the molecule is O=C1C=C(OCCC[PH](c2ccccc2)(c2ccccc2)c2ccccc2)C(=O)c2ccccc21. The molecule has 5 rings (SSSR count). The average molecular weight is 479 g/mol. The molecule has 4 heteroatoms. The van der Waals surface area contributed by atoms with E-state index in [-0.39, 0.29) is 17.3 Å². The molecule has 0 fully saturated rings. The molecule has 0 radical (unpaired) electrons. The second-order valence-electron chi connectivity index (χ2n) is 8.70. The first-order valence-electron chi connectivity index (χ1n) is 11.9. The molecule has 4 aromatic carbocycles. The fourth-order valence-corrected chi connectivity index (χ4v) is 9.84. The van der Waals surface area contributed by atoms with Crippen molar-refractivity contribution in [2.75, 3.05) is 12.8 Å². The van der Waals surface area contributed by atoms with Crippen LogP contribution in [0.4, 0.5) is 0 Å². The van der Waals surface area contributed by atoms with Crippen LogP contribution in [0.15, 0.2) is 127 Å². The van der Waals surface area contributed by atoms with Gasteiger partial charge in [0, 0.05) is 0 Å². The van der Waals surface area contributed by atoms with E-state index in [1.807, 2.05) is 0 Å². The number of benzene rings is 4. The topological polar surface area (TPSA) is 43.4 Å². The van der Waals surface area contributed by atoms with E-state index in [1.165, 1.54) is 22.0 Å². The molecule has 35 heavy (non-hydrogen) atoms. The van der Waals surface area contributed by atoms with Crippen molar-refractivity contribution in [3.8, 4) is 0 Å². The van der Waals surface area contributed by atoms with Crippen LogP contribution >= 0.6 is 7.26 Å². The molecule has 1 aliphatic rings. The van der Waals surface area contributed by atoms with Crippen molar-refractivity contribution in [2.24, 2.45) is 0 Å². The van der Waals surface area contributed by atoms with Gasteiger partial charge in [0.1, 0.15) is 0 Å². The van der Waals surface area contributed by atoms with E-state index in [2.05, 4.69) is 91.0 Å². The summed E-state index contributed by atoms with van der Waals surface area (Å²) in [5.74, 6) is -0.269. The second-order valence-corrected chi connectivity index (χ2v) is 12.7. The molecular formula is C31H27O3P. The third-order valence-corrected chi connectivity index (χ3v) is 11.7. The van der Waals surface area contributed by atoms with Crippen LogP contribution in [-0.4, -0.2) is 24.3 Å². The molecule has 0 atom stereocenters. The van der Waals surface area contributed by atoms with Crippen LogP contribution in [0, 0.1) is 0 Å². The van der Waals surface area contributed by atoms with Crippen molar-refractivity contribution in [1.82, 2.24) is 0 Å². The predicted octanol–water partition coefficient (Wildman–Crippen LogP) is 5.08. The summed E-state index contributed by atoms with van der Waals surface area (Å²) >= 11 is 0. The Bertz CT molecular complexity index is 1270. The van der Waals surface area contributed by atoms with E-state index in [0.717, 1.165) is 12.6 Å². The fourth-order valence-electron chi connectivity index (χ4n) is 5.02. The molecule has 174 valence electrons. The van der Waals surface area contributed by atoms with Gasteiger partial charge in [0.2, 0.25) is 0 Å². The van der Waals surface area contributed by atoms with Crippen LogP contribution in [0.1, 0.15) is 27.1 Å². The Labute approximate surface area is 206 Å². The maximum atomic E-state index is 12.9. The van der Waals surface area contributed by atoms with E-state index >= 15 is 0 Å². The van der Waals surface area contributed by atoms with Gasteiger partial charge >= 0.3 is 206 Å². The maximum absolute atomic E-state index is 12.9. The number of ketones is 2. The number of rotatable bonds is 8. The van der Waals surface area contributed by atoms with Crippen LogP contribution in [0.3, 0.4) is 0 Å². The number of hydrogen-bond acceptors (Lipinski definition) is 3. The monoisotopic (exact) mass is 478 g/mol. The van der Waals surface area contributed by atoms with Gasteiger partial charge in [0.25, 0.3) is 0 Å². The second kappa shape index (κ2) is 10.2. The number of carbonyl (C=O) groups excluding carboxylic acids is 2. The molecule has 0 bridgehead atoms. The van der Waals surface area contributed by atoms with Crippen molar-refractivity contribution < 1.29 is 14.3 Å². The molecule has 0 heterocycles. The van der Waals surface area contributed by atoms with Gasteiger partial charge in [-0.2, -0.15) is 0 Å². The molecule has 1 aliphatic carbocycles. The molecule has 3 nitrogen and oxygen atoms in total. The van der Waals surface area contributed by atoms with Gasteiger partial charge in [-0.1, -0.05) is 0 Å². The zero-order valence-corrected chi connectivity index (χ0v) is 20.4. The van der Waals surface area contributed by atoms with E-state index in [9.17, 15) is 9.59 Å². The van der Waals surface area contributed by atoms with E-state index in [1.54, 1.807) is 24.3 Å². The Morgan fingerprint density at radius 3 is 1.54 bits per heavy atom. The van der Waals surface area contributed by atoms with Crippen LogP contribution in [0.25, 0.3) is 0 Å². The summed E-state index contributed by atoms with van der Waals surface area (Å²) in [7, 11) is -2.35.